The van der Waals surface area contributed by atoms with Crippen LogP contribution in [0.5, 0.6) is 0 Å². The smallest absolute Gasteiger partial charge is 0.259 e. The van der Waals surface area contributed by atoms with Crippen LogP contribution in [0, 0.1) is 11.3 Å². The lowest BCUT2D eigenvalue weighted by Crippen LogP contribution is -2.20. The number of hydrogen-bond acceptors (Lipinski definition) is 3. The first kappa shape index (κ1) is 11.2. The van der Waals surface area contributed by atoms with E-state index >= 15 is 0 Å². The van der Waals surface area contributed by atoms with E-state index in [1.165, 1.54) is 0 Å². The van der Waals surface area contributed by atoms with Gasteiger partial charge in [0, 0.05) is 0 Å². The molecule has 2 amide bonds. The number of nitriles is 1. The van der Waals surface area contributed by atoms with Gasteiger partial charge in [-0.25, -0.2) is 0 Å². The molecule has 1 N–H and O–H groups in total. The van der Waals surface area contributed by atoms with Gasteiger partial charge >= 0.3 is 0 Å². The summed E-state index contributed by atoms with van der Waals surface area (Å²) < 4.78 is 0. The Morgan fingerprint density at radius 2 is 1.58 bits per heavy atom. The van der Waals surface area contributed by atoms with Gasteiger partial charge in [-0.1, -0.05) is 24.3 Å². The van der Waals surface area contributed by atoms with Crippen molar-refractivity contribution in [3.8, 4) is 17.2 Å². The van der Waals surface area contributed by atoms with E-state index in [0.29, 0.717) is 22.3 Å². The van der Waals surface area contributed by atoms with Crippen LogP contribution < -0.4 is 5.32 Å². The Kier molecular flexibility index (Phi) is 2.39. The number of carbonyl (C=O) groups is 2. The Hall–Kier alpha value is -2.93. The van der Waals surface area contributed by atoms with Crippen molar-refractivity contribution >= 4 is 11.8 Å². The van der Waals surface area contributed by atoms with Gasteiger partial charge in [0.2, 0.25) is 0 Å². The lowest BCUT2D eigenvalue weighted by molar-refractivity contribution is 0.0880. The van der Waals surface area contributed by atoms with E-state index in [-0.39, 0.29) is 11.8 Å². The van der Waals surface area contributed by atoms with Crippen molar-refractivity contribution in [3.05, 3.63) is 59.2 Å². The molecule has 0 fully saturated rings. The van der Waals surface area contributed by atoms with E-state index in [9.17, 15) is 9.59 Å². The Morgan fingerprint density at radius 1 is 0.895 bits per heavy atom. The van der Waals surface area contributed by atoms with Gasteiger partial charge in [0.05, 0.1) is 22.8 Å². The molecule has 90 valence electrons. The number of imide groups is 1. The molecule has 3 rings (SSSR count). The van der Waals surface area contributed by atoms with Gasteiger partial charge in [-0.05, 0) is 29.3 Å². The summed E-state index contributed by atoms with van der Waals surface area (Å²) in [5, 5.41) is 11.1. The summed E-state index contributed by atoms with van der Waals surface area (Å²) in [7, 11) is 0. The summed E-state index contributed by atoms with van der Waals surface area (Å²) in [5.41, 5.74) is 2.85. The summed E-state index contributed by atoms with van der Waals surface area (Å²) in [6.07, 6.45) is 0. The van der Waals surface area contributed by atoms with Gasteiger partial charge < -0.3 is 0 Å². The molecule has 1 aliphatic rings. The predicted molar refractivity (Wildman–Crippen MR) is 68.4 cm³/mol. The first-order valence-electron chi connectivity index (χ1n) is 5.70. The quantitative estimate of drug-likeness (QED) is 0.786. The van der Waals surface area contributed by atoms with Crippen molar-refractivity contribution in [1.29, 1.82) is 5.26 Å². The van der Waals surface area contributed by atoms with Crippen LogP contribution in [0.1, 0.15) is 26.3 Å². The fourth-order valence-electron chi connectivity index (χ4n) is 2.18. The van der Waals surface area contributed by atoms with Crippen molar-refractivity contribution in [3.63, 3.8) is 0 Å². The molecule has 0 spiro atoms. The monoisotopic (exact) mass is 248 g/mol. The van der Waals surface area contributed by atoms with Gasteiger partial charge in [-0.15, -0.1) is 0 Å². The average Bonchev–Trinajstić information content (AvgIpc) is 2.74. The molecule has 19 heavy (non-hydrogen) atoms. The molecule has 4 nitrogen and oxygen atoms in total. The highest BCUT2D eigenvalue weighted by atomic mass is 16.2. The van der Waals surface area contributed by atoms with E-state index in [0.717, 1.165) is 5.56 Å². The second kappa shape index (κ2) is 4.07. The normalized spacial score (nSPS) is 12.8. The van der Waals surface area contributed by atoms with Crippen molar-refractivity contribution in [2.75, 3.05) is 0 Å². The van der Waals surface area contributed by atoms with Crippen molar-refractivity contribution in [1.82, 2.24) is 5.32 Å². The number of rotatable bonds is 1. The third-order valence-electron chi connectivity index (χ3n) is 3.09. The zero-order chi connectivity index (χ0) is 13.4. The lowest BCUT2D eigenvalue weighted by Gasteiger charge is -2.05. The van der Waals surface area contributed by atoms with Gasteiger partial charge in [0.1, 0.15) is 0 Å². The summed E-state index contributed by atoms with van der Waals surface area (Å²) in [4.78, 5) is 23.4. The minimum atomic E-state index is -0.375. The Bertz CT molecular complexity index is 740. The topological polar surface area (TPSA) is 70.0 Å². The molecule has 4 heteroatoms. The Balaban J connectivity index is 2.19. The second-order valence-electron chi connectivity index (χ2n) is 4.20. The molecule has 0 aliphatic carbocycles. The van der Waals surface area contributed by atoms with Crippen molar-refractivity contribution in [2.24, 2.45) is 0 Å². The van der Waals surface area contributed by atoms with Crippen LogP contribution in [-0.2, 0) is 0 Å². The zero-order valence-electron chi connectivity index (χ0n) is 9.81. The number of fused-ring (bicyclic) bond motifs is 1. The van der Waals surface area contributed by atoms with Gasteiger partial charge in [-0.2, -0.15) is 5.26 Å². The summed E-state index contributed by atoms with van der Waals surface area (Å²) in [5.74, 6) is -0.740. The molecule has 0 saturated carbocycles. The standard InChI is InChI=1S/C15H8N2O2/c16-8-9-4-6-10(7-5-9)11-2-1-3-12-13(11)15(19)17-14(12)18/h1-7H,(H,17,18,19). The van der Waals surface area contributed by atoms with Gasteiger partial charge in [0.25, 0.3) is 11.8 Å². The molecule has 0 atom stereocenters. The maximum Gasteiger partial charge on any atom is 0.259 e. The molecular formula is C15H8N2O2. The minimum Gasteiger partial charge on any atom is -0.288 e. The maximum atomic E-state index is 11.8. The van der Waals surface area contributed by atoms with E-state index in [4.69, 9.17) is 5.26 Å². The second-order valence-corrected chi connectivity index (χ2v) is 4.20. The molecule has 0 radical (unpaired) electrons. The molecule has 1 aliphatic heterocycles. The third kappa shape index (κ3) is 1.69. The van der Waals surface area contributed by atoms with E-state index in [1.54, 1.807) is 42.5 Å². The number of nitrogens with one attached hydrogen (secondary N) is 1. The highest BCUT2D eigenvalue weighted by Crippen LogP contribution is 2.29. The average molecular weight is 248 g/mol. The zero-order valence-corrected chi connectivity index (χ0v) is 9.81. The van der Waals surface area contributed by atoms with Crippen LogP contribution in [0.2, 0.25) is 0 Å². The summed E-state index contributed by atoms with van der Waals surface area (Å²) >= 11 is 0. The summed E-state index contributed by atoms with van der Waals surface area (Å²) in [6.45, 7) is 0. The van der Waals surface area contributed by atoms with Crippen LogP contribution in [0.4, 0.5) is 0 Å². The van der Waals surface area contributed by atoms with Crippen LogP contribution in [-0.4, -0.2) is 11.8 Å². The van der Waals surface area contributed by atoms with Crippen molar-refractivity contribution < 1.29 is 9.59 Å². The number of amides is 2. The van der Waals surface area contributed by atoms with E-state index in [1.807, 2.05) is 6.07 Å². The van der Waals surface area contributed by atoms with Gasteiger partial charge in [-0.3, -0.25) is 14.9 Å². The molecule has 0 saturated heterocycles. The number of carbonyl (C=O) groups excluding carboxylic acids is 2. The first-order chi connectivity index (χ1) is 9.20. The van der Waals surface area contributed by atoms with Crippen molar-refractivity contribution in [2.45, 2.75) is 0 Å². The molecule has 2 aromatic carbocycles. The number of benzene rings is 2. The Labute approximate surface area is 109 Å². The van der Waals surface area contributed by atoms with E-state index in [2.05, 4.69) is 5.32 Å². The minimum absolute atomic E-state index is 0.365. The first-order valence-corrected chi connectivity index (χ1v) is 5.70. The number of nitrogens with zero attached hydrogens (tertiary/aromatic N) is 1. The third-order valence-corrected chi connectivity index (χ3v) is 3.09. The highest BCUT2D eigenvalue weighted by Gasteiger charge is 2.29. The van der Waals surface area contributed by atoms with Gasteiger partial charge in [0.15, 0.2) is 0 Å². The van der Waals surface area contributed by atoms with Crippen LogP contribution in [0.3, 0.4) is 0 Å². The SMILES string of the molecule is N#Cc1ccc(-c2cccc3c2C(=O)NC3=O)cc1. The fraction of sp³-hybridized carbons (Fsp3) is 0. The lowest BCUT2D eigenvalue weighted by atomic mass is 9.96. The molecule has 0 unspecified atom stereocenters. The van der Waals surface area contributed by atoms with Crippen LogP contribution in [0.15, 0.2) is 42.5 Å². The maximum absolute atomic E-state index is 11.8. The molecule has 1 heterocycles. The van der Waals surface area contributed by atoms with Crippen LogP contribution in [0.25, 0.3) is 11.1 Å². The Morgan fingerprint density at radius 3 is 2.26 bits per heavy atom. The fourth-order valence-corrected chi connectivity index (χ4v) is 2.18. The summed E-state index contributed by atoms with van der Waals surface area (Å²) in [6, 6.07) is 14.1. The van der Waals surface area contributed by atoms with E-state index < -0.39 is 0 Å². The molecular weight excluding hydrogens is 240 g/mol. The van der Waals surface area contributed by atoms with Crippen LogP contribution >= 0.6 is 0 Å². The highest BCUT2D eigenvalue weighted by molar-refractivity contribution is 6.24. The molecule has 0 bridgehead atoms. The predicted octanol–water partition coefficient (Wildman–Crippen LogP) is 2.11. The molecule has 2 aromatic rings. The largest absolute Gasteiger partial charge is 0.288 e. The number of hydrogen-bond donors (Lipinski definition) is 1. The molecule has 0 aromatic heterocycles.